The van der Waals surface area contributed by atoms with Crippen LogP contribution in [0.4, 0.5) is 13.2 Å². The summed E-state index contributed by atoms with van der Waals surface area (Å²) in [6.07, 6.45) is -0.521. The topological polar surface area (TPSA) is 96.3 Å². The summed E-state index contributed by atoms with van der Waals surface area (Å²) >= 11 is 14.0. The predicted molar refractivity (Wildman–Crippen MR) is 169 cm³/mol. The van der Waals surface area contributed by atoms with Crippen molar-refractivity contribution in [3.63, 3.8) is 0 Å². The van der Waals surface area contributed by atoms with Gasteiger partial charge in [0, 0.05) is 35.8 Å². The van der Waals surface area contributed by atoms with Crippen molar-refractivity contribution in [2.75, 3.05) is 19.3 Å². The molecule has 15 heteroatoms. The monoisotopic (exact) mass is 695 g/mol. The van der Waals surface area contributed by atoms with E-state index in [0.29, 0.717) is 50.4 Å². The number of carbonyl (C=O) groups is 1. The highest BCUT2D eigenvalue weighted by molar-refractivity contribution is 7.88. The van der Waals surface area contributed by atoms with Crippen LogP contribution in [-0.4, -0.2) is 48.5 Å². The molecule has 1 aliphatic rings. The molecule has 2 aromatic carbocycles. The number of nitrogens with zero attached hydrogens (tertiary/aromatic N) is 3. The summed E-state index contributed by atoms with van der Waals surface area (Å²) < 4.78 is 67.1. The first-order chi connectivity index (χ1) is 21.3. The summed E-state index contributed by atoms with van der Waals surface area (Å²) in [7, 11) is -3.67. The van der Waals surface area contributed by atoms with Gasteiger partial charge in [-0.2, -0.15) is 18.3 Å². The second-order valence-corrected chi connectivity index (χ2v) is 14.0. The Morgan fingerprint density at radius 1 is 1.02 bits per heavy atom. The smallest absolute Gasteiger partial charge is 0.283 e. The van der Waals surface area contributed by atoms with Gasteiger partial charge in [0.15, 0.2) is 5.69 Å². The first kappa shape index (κ1) is 33.0. The number of piperidine rings is 1. The summed E-state index contributed by atoms with van der Waals surface area (Å²) in [5, 5.41) is 7.08. The molecule has 2 N–H and O–H groups in total. The minimum absolute atomic E-state index is 0.00327. The molecule has 0 spiro atoms. The summed E-state index contributed by atoms with van der Waals surface area (Å²) in [5.41, 5.74) is 3.65. The SMILES string of the molecule is CS(=O)(=O)NCc1c(C(=O)NN2CCCCC2)nn(-c2ccc(Cl)cc2Cl)c1-c1ccc(C#Cc2ccc(C(F)(F)F)cc2)s1. The van der Waals surface area contributed by atoms with E-state index in [0.717, 1.165) is 37.7 Å². The van der Waals surface area contributed by atoms with Crippen molar-refractivity contribution < 1.29 is 26.4 Å². The number of amides is 1. The quantitative estimate of drug-likeness (QED) is 0.215. The Hall–Kier alpha value is -3.38. The van der Waals surface area contributed by atoms with Crippen LogP contribution in [-0.2, 0) is 22.7 Å². The number of hydrazine groups is 1. The number of halogens is 5. The van der Waals surface area contributed by atoms with Gasteiger partial charge in [-0.15, -0.1) is 11.3 Å². The van der Waals surface area contributed by atoms with Crippen LogP contribution >= 0.6 is 34.5 Å². The van der Waals surface area contributed by atoms with Crippen molar-refractivity contribution in [2.24, 2.45) is 0 Å². The second-order valence-electron chi connectivity index (χ2n) is 10.3. The Morgan fingerprint density at radius 2 is 1.73 bits per heavy atom. The molecule has 0 saturated carbocycles. The third kappa shape index (κ3) is 8.26. The van der Waals surface area contributed by atoms with Crippen LogP contribution in [0.1, 0.15) is 51.3 Å². The van der Waals surface area contributed by atoms with Crippen molar-refractivity contribution in [1.29, 1.82) is 0 Å². The Labute approximate surface area is 272 Å². The molecule has 0 bridgehead atoms. The fourth-order valence-corrected chi connectivity index (χ4v) is 6.51. The normalized spacial score (nSPS) is 14.2. The maximum absolute atomic E-state index is 13.6. The van der Waals surface area contributed by atoms with Crippen molar-refractivity contribution in [3.8, 4) is 28.1 Å². The van der Waals surface area contributed by atoms with Crippen LogP contribution in [0.5, 0.6) is 0 Å². The van der Waals surface area contributed by atoms with Crippen LogP contribution in [0.25, 0.3) is 16.3 Å². The van der Waals surface area contributed by atoms with Crippen molar-refractivity contribution in [3.05, 3.63) is 91.9 Å². The molecule has 0 atom stereocenters. The lowest BCUT2D eigenvalue weighted by Crippen LogP contribution is -2.45. The number of carbonyl (C=O) groups excluding carboxylic acids is 1. The van der Waals surface area contributed by atoms with E-state index in [2.05, 4.69) is 27.1 Å². The molecule has 0 aliphatic carbocycles. The number of alkyl halides is 3. The number of thiophene rings is 1. The molecule has 45 heavy (non-hydrogen) atoms. The average Bonchev–Trinajstić information content (AvgIpc) is 3.59. The second kappa shape index (κ2) is 13.5. The van der Waals surface area contributed by atoms with Gasteiger partial charge in [0.25, 0.3) is 5.91 Å². The van der Waals surface area contributed by atoms with Gasteiger partial charge in [0.2, 0.25) is 10.0 Å². The maximum Gasteiger partial charge on any atom is 0.416 e. The maximum atomic E-state index is 13.6. The van der Waals surface area contributed by atoms with E-state index in [-0.39, 0.29) is 17.3 Å². The van der Waals surface area contributed by atoms with Gasteiger partial charge in [-0.1, -0.05) is 41.5 Å². The first-order valence-electron chi connectivity index (χ1n) is 13.7. The Kier molecular flexibility index (Phi) is 9.93. The van der Waals surface area contributed by atoms with Crippen LogP contribution < -0.4 is 10.1 Å². The minimum Gasteiger partial charge on any atom is -0.283 e. The van der Waals surface area contributed by atoms with E-state index in [9.17, 15) is 26.4 Å². The predicted octanol–water partition coefficient (Wildman–Crippen LogP) is 6.51. The molecule has 2 aromatic heterocycles. The molecule has 8 nitrogen and oxygen atoms in total. The Bertz CT molecular complexity index is 1890. The van der Waals surface area contributed by atoms with Gasteiger partial charge >= 0.3 is 6.18 Å². The Morgan fingerprint density at radius 3 is 2.38 bits per heavy atom. The zero-order valence-corrected chi connectivity index (χ0v) is 26.9. The molecule has 0 unspecified atom stereocenters. The molecule has 236 valence electrons. The molecule has 1 fully saturated rings. The molecule has 5 rings (SSSR count). The van der Waals surface area contributed by atoms with Crippen molar-refractivity contribution in [2.45, 2.75) is 32.0 Å². The van der Waals surface area contributed by atoms with Crippen LogP contribution in [0.3, 0.4) is 0 Å². The molecular weight excluding hydrogens is 670 g/mol. The highest BCUT2D eigenvalue weighted by atomic mass is 35.5. The molecular formula is C30H26Cl2F3N5O3S2. The Balaban J connectivity index is 1.59. The third-order valence-corrected chi connectivity index (χ3v) is 9.06. The van der Waals surface area contributed by atoms with E-state index in [4.69, 9.17) is 23.2 Å². The van der Waals surface area contributed by atoms with Crippen LogP contribution in [0.2, 0.25) is 10.0 Å². The lowest BCUT2D eigenvalue weighted by atomic mass is 10.1. The van der Waals surface area contributed by atoms with Gasteiger partial charge in [0.05, 0.1) is 38.0 Å². The van der Waals surface area contributed by atoms with Gasteiger partial charge in [-0.3, -0.25) is 10.2 Å². The summed E-state index contributed by atoms with van der Waals surface area (Å²) in [5.74, 6) is 5.32. The molecule has 1 saturated heterocycles. The van der Waals surface area contributed by atoms with E-state index >= 15 is 0 Å². The van der Waals surface area contributed by atoms with Crippen LogP contribution in [0.15, 0.2) is 54.6 Å². The van der Waals surface area contributed by atoms with E-state index in [1.807, 2.05) is 5.01 Å². The summed E-state index contributed by atoms with van der Waals surface area (Å²) in [4.78, 5) is 14.8. The molecule has 1 aliphatic heterocycles. The van der Waals surface area contributed by atoms with Gasteiger partial charge < -0.3 is 0 Å². The van der Waals surface area contributed by atoms with Crippen molar-refractivity contribution >= 4 is 50.5 Å². The van der Waals surface area contributed by atoms with Gasteiger partial charge in [0.1, 0.15) is 0 Å². The minimum atomic E-state index is -4.45. The zero-order chi connectivity index (χ0) is 32.4. The number of aromatic nitrogens is 2. The number of nitrogens with one attached hydrogen (secondary N) is 2. The third-order valence-electron chi connectivity index (χ3n) is 6.84. The molecule has 4 aromatic rings. The van der Waals surface area contributed by atoms with Crippen molar-refractivity contribution in [1.82, 2.24) is 24.9 Å². The molecule has 0 radical (unpaired) electrons. The first-order valence-corrected chi connectivity index (χ1v) is 17.1. The van der Waals surface area contributed by atoms with Crippen LogP contribution in [0, 0.1) is 11.8 Å². The zero-order valence-electron chi connectivity index (χ0n) is 23.7. The number of hydrogen-bond acceptors (Lipinski definition) is 6. The molecule has 3 heterocycles. The average molecular weight is 697 g/mol. The molecule has 1 amide bonds. The number of benzene rings is 2. The standard InChI is InChI=1S/C30H26Cl2F3N5O3S2/c1-45(42,43)36-18-23-27(29(41)38-39-15-3-2-4-16-39)37-40(25-13-10-21(31)17-24(25)32)28(23)26-14-12-22(44-26)11-7-19-5-8-20(9-6-19)30(33,34)35/h5-6,8-10,12-14,17,36H,2-4,15-16,18H2,1H3,(H,38,41). The number of hydrogen-bond donors (Lipinski definition) is 2. The van der Waals surface area contributed by atoms with Gasteiger partial charge in [-0.25, -0.2) is 22.8 Å². The number of rotatable bonds is 7. The van der Waals surface area contributed by atoms with E-state index in [1.54, 1.807) is 24.3 Å². The lowest BCUT2D eigenvalue weighted by Gasteiger charge is -2.26. The highest BCUT2D eigenvalue weighted by Gasteiger charge is 2.30. The highest BCUT2D eigenvalue weighted by Crippen LogP contribution is 2.37. The fraction of sp³-hybridized carbons (Fsp3) is 0.267. The number of sulfonamides is 1. The fourth-order valence-electron chi connectivity index (χ4n) is 4.69. The summed E-state index contributed by atoms with van der Waals surface area (Å²) in [6, 6.07) is 12.8. The lowest BCUT2D eigenvalue weighted by molar-refractivity contribution is -0.137. The summed E-state index contributed by atoms with van der Waals surface area (Å²) in [6.45, 7) is 1.10. The van der Waals surface area contributed by atoms with E-state index < -0.39 is 27.7 Å². The van der Waals surface area contributed by atoms with Gasteiger partial charge in [-0.05, 0) is 67.4 Å². The largest absolute Gasteiger partial charge is 0.416 e. The van der Waals surface area contributed by atoms with E-state index in [1.165, 1.54) is 34.2 Å².